The number of carboxylic acid groups (broad SMARTS) is 1. The molecule has 23 heavy (non-hydrogen) atoms. The van der Waals surface area contributed by atoms with E-state index in [1.807, 2.05) is 13.8 Å². The van der Waals surface area contributed by atoms with Gasteiger partial charge in [0.15, 0.2) is 0 Å². The van der Waals surface area contributed by atoms with Crippen LogP contribution in [0.2, 0.25) is 0 Å². The summed E-state index contributed by atoms with van der Waals surface area (Å²) in [7, 11) is 0. The number of hydrogen-bond donors (Lipinski definition) is 2. The fourth-order valence-electron chi connectivity index (χ4n) is 5.49. The summed E-state index contributed by atoms with van der Waals surface area (Å²) in [5.74, 6) is 0.280. The van der Waals surface area contributed by atoms with Crippen LogP contribution < -0.4 is 0 Å². The fourth-order valence-corrected chi connectivity index (χ4v) is 5.49. The second-order valence-electron chi connectivity index (χ2n) is 8.91. The molecule has 0 aromatic rings. The van der Waals surface area contributed by atoms with E-state index in [4.69, 9.17) is 5.11 Å². The molecule has 2 aliphatic carbocycles. The van der Waals surface area contributed by atoms with E-state index in [0.29, 0.717) is 11.8 Å². The molecule has 2 fully saturated rings. The van der Waals surface area contributed by atoms with Gasteiger partial charge in [-0.15, -0.1) is 0 Å². The molecule has 0 aromatic heterocycles. The maximum absolute atomic E-state index is 11.1. The number of carboxylic acids is 1. The largest absolute Gasteiger partial charge is 0.478 e. The van der Waals surface area contributed by atoms with E-state index >= 15 is 0 Å². The molecule has 0 amide bonds. The zero-order chi connectivity index (χ0) is 17.5. The molecule has 0 bridgehead atoms. The van der Waals surface area contributed by atoms with Crippen molar-refractivity contribution in [2.24, 2.45) is 22.7 Å². The minimum absolute atomic E-state index is 0.0169. The van der Waals surface area contributed by atoms with Crippen LogP contribution in [0.15, 0.2) is 11.6 Å². The minimum Gasteiger partial charge on any atom is -0.478 e. The molecule has 0 radical (unpaired) electrons. The van der Waals surface area contributed by atoms with Gasteiger partial charge >= 0.3 is 5.97 Å². The molecule has 0 heterocycles. The molecule has 0 aliphatic heterocycles. The van der Waals surface area contributed by atoms with Gasteiger partial charge in [0.1, 0.15) is 0 Å². The summed E-state index contributed by atoms with van der Waals surface area (Å²) in [6.45, 7) is 11.0. The van der Waals surface area contributed by atoms with Gasteiger partial charge < -0.3 is 10.2 Å². The van der Waals surface area contributed by atoms with Crippen molar-refractivity contribution in [1.29, 1.82) is 0 Å². The average Bonchev–Trinajstić information content (AvgIpc) is 2.43. The van der Waals surface area contributed by atoms with Crippen LogP contribution >= 0.6 is 0 Å². The Bertz CT molecular complexity index is 493. The molecule has 2 N–H and O–H groups in total. The van der Waals surface area contributed by atoms with Crippen molar-refractivity contribution in [1.82, 2.24) is 0 Å². The lowest BCUT2D eigenvalue weighted by Crippen LogP contribution is -2.60. The first-order valence-corrected chi connectivity index (χ1v) is 9.15. The Kier molecular flexibility index (Phi) is 5.02. The topological polar surface area (TPSA) is 57.5 Å². The Hall–Kier alpha value is -0.830. The summed E-state index contributed by atoms with van der Waals surface area (Å²) >= 11 is 0. The minimum atomic E-state index is -0.852. The summed E-state index contributed by atoms with van der Waals surface area (Å²) in [6.07, 6.45) is 8.64. The second-order valence-corrected chi connectivity index (χ2v) is 8.91. The van der Waals surface area contributed by atoms with Crippen LogP contribution in [0.1, 0.15) is 79.6 Å². The molecule has 2 saturated carbocycles. The zero-order valence-corrected chi connectivity index (χ0v) is 15.5. The van der Waals surface area contributed by atoms with Crippen LogP contribution in [-0.4, -0.2) is 21.8 Å². The number of hydrogen-bond acceptors (Lipinski definition) is 2. The number of aliphatic hydroxyl groups is 1. The zero-order valence-electron chi connectivity index (χ0n) is 15.5. The monoisotopic (exact) mass is 322 g/mol. The van der Waals surface area contributed by atoms with Gasteiger partial charge in [-0.25, -0.2) is 4.79 Å². The molecule has 2 aliphatic rings. The summed E-state index contributed by atoms with van der Waals surface area (Å²) in [6, 6.07) is 0. The summed E-state index contributed by atoms with van der Waals surface area (Å²) < 4.78 is 0. The van der Waals surface area contributed by atoms with Crippen molar-refractivity contribution < 1.29 is 15.0 Å². The number of carbonyl (C=O) groups is 1. The lowest BCUT2D eigenvalue weighted by atomic mass is 9.43. The van der Waals surface area contributed by atoms with Crippen LogP contribution in [0.3, 0.4) is 0 Å². The van der Waals surface area contributed by atoms with Gasteiger partial charge in [0.25, 0.3) is 0 Å². The predicted molar refractivity (Wildman–Crippen MR) is 93.2 cm³/mol. The molecular formula is C20H34O3. The molecule has 0 aromatic carbocycles. The highest BCUT2D eigenvalue weighted by Gasteiger charge is 2.59. The van der Waals surface area contributed by atoms with Crippen LogP contribution in [0, 0.1) is 22.7 Å². The molecular weight excluding hydrogens is 288 g/mol. The highest BCUT2D eigenvalue weighted by molar-refractivity contribution is 5.80. The molecule has 3 nitrogen and oxygen atoms in total. The van der Waals surface area contributed by atoms with Gasteiger partial charge in [0.05, 0.1) is 5.60 Å². The quantitative estimate of drug-likeness (QED) is 0.732. The lowest BCUT2D eigenvalue weighted by molar-refractivity contribution is -0.192. The van der Waals surface area contributed by atoms with Crippen molar-refractivity contribution in [2.75, 3.05) is 0 Å². The van der Waals surface area contributed by atoms with Gasteiger partial charge in [-0.2, -0.15) is 0 Å². The Morgan fingerprint density at radius 2 is 1.87 bits per heavy atom. The molecule has 5 atom stereocenters. The van der Waals surface area contributed by atoms with Crippen LogP contribution in [-0.2, 0) is 4.79 Å². The first-order valence-electron chi connectivity index (χ1n) is 9.15. The number of fused-ring (bicyclic) bond motifs is 1. The molecule has 0 saturated heterocycles. The normalized spacial score (nSPS) is 44.7. The van der Waals surface area contributed by atoms with Crippen LogP contribution in [0.25, 0.3) is 0 Å². The van der Waals surface area contributed by atoms with Crippen molar-refractivity contribution in [2.45, 2.75) is 85.2 Å². The standard InChI is InChI=1S/C20H34O3/c1-14(13-17(21)22)8-11-18(3)15(2)9-12-19(4)16(18)7-6-10-20(19,5)23/h13,15-16,23H,6-12H2,1-5H3,(H,21,22)/b14-13+. The molecule has 2 rings (SSSR count). The Morgan fingerprint density at radius 1 is 1.22 bits per heavy atom. The highest BCUT2D eigenvalue weighted by Crippen LogP contribution is 2.64. The van der Waals surface area contributed by atoms with Crippen molar-refractivity contribution in [3.05, 3.63) is 11.6 Å². The molecule has 0 spiro atoms. The Balaban J connectivity index is 2.25. The van der Waals surface area contributed by atoms with E-state index in [-0.39, 0.29) is 10.8 Å². The summed E-state index contributed by atoms with van der Waals surface area (Å²) in [4.78, 5) is 10.9. The van der Waals surface area contributed by atoms with Crippen molar-refractivity contribution in [3.8, 4) is 0 Å². The third-order valence-corrected chi connectivity index (χ3v) is 7.60. The van der Waals surface area contributed by atoms with E-state index in [2.05, 4.69) is 20.8 Å². The van der Waals surface area contributed by atoms with Gasteiger partial charge in [-0.05, 0) is 75.0 Å². The second kappa shape index (κ2) is 6.23. The van der Waals surface area contributed by atoms with Crippen molar-refractivity contribution >= 4 is 5.97 Å². The van der Waals surface area contributed by atoms with Gasteiger partial charge in [0.2, 0.25) is 0 Å². The molecule has 3 heteroatoms. The summed E-state index contributed by atoms with van der Waals surface area (Å²) in [5.41, 5.74) is 0.520. The molecule has 5 unspecified atom stereocenters. The third kappa shape index (κ3) is 3.22. The smallest absolute Gasteiger partial charge is 0.328 e. The number of aliphatic carboxylic acids is 1. The molecule has 132 valence electrons. The maximum atomic E-state index is 11.1. The first-order chi connectivity index (χ1) is 10.5. The summed E-state index contributed by atoms with van der Waals surface area (Å²) in [5, 5.41) is 20.0. The highest BCUT2D eigenvalue weighted by atomic mass is 16.4. The first kappa shape index (κ1) is 18.5. The van der Waals surface area contributed by atoms with E-state index in [0.717, 1.165) is 44.1 Å². The van der Waals surface area contributed by atoms with Crippen molar-refractivity contribution in [3.63, 3.8) is 0 Å². The van der Waals surface area contributed by atoms with E-state index < -0.39 is 11.6 Å². The Labute approximate surface area is 141 Å². The average molecular weight is 322 g/mol. The Morgan fingerprint density at radius 3 is 2.48 bits per heavy atom. The third-order valence-electron chi connectivity index (χ3n) is 7.60. The van der Waals surface area contributed by atoms with E-state index in [1.165, 1.54) is 12.5 Å². The fraction of sp³-hybridized carbons (Fsp3) is 0.850. The van der Waals surface area contributed by atoms with Gasteiger partial charge in [-0.1, -0.05) is 32.8 Å². The number of allylic oxidation sites excluding steroid dienone is 1. The van der Waals surface area contributed by atoms with E-state index in [9.17, 15) is 9.90 Å². The van der Waals surface area contributed by atoms with Crippen LogP contribution in [0.5, 0.6) is 0 Å². The number of rotatable bonds is 4. The lowest BCUT2D eigenvalue weighted by Gasteiger charge is -2.63. The van der Waals surface area contributed by atoms with Gasteiger partial charge in [0, 0.05) is 6.08 Å². The van der Waals surface area contributed by atoms with Gasteiger partial charge in [-0.3, -0.25) is 0 Å². The predicted octanol–water partition coefficient (Wildman–Crippen LogP) is 4.79. The maximum Gasteiger partial charge on any atom is 0.328 e. The van der Waals surface area contributed by atoms with Crippen LogP contribution in [0.4, 0.5) is 0 Å². The SMILES string of the molecule is C/C(=C\C(=O)O)CCC1(C)C(C)CCC2(C)C1CCCC2(C)O. The van der Waals surface area contributed by atoms with E-state index in [1.54, 1.807) is 0 Å².